The molecule has 0 heterocycles. The van der Waals surface area contributed by atoms with Crippen molar-refractivity contribution in [1.29, 1.82) is 0 Å². The third kappa shape index (κ3) is 4.62. The fourth-order valence-corrected chi connectivity index (χ4v) is 2.80. The van der Waals surface area contributed by atoms with Crippen molar-refractivity contribution in [3.8, 4) is 0 Å². The first kappa shape index (κ1) is 15.6. The number of allylic oxidation sites excluding steroid dienone is 1. The molecule has 0 aromatic heterocycles. The van der Waals surface area contributed by atoms with Crippen LogP contribution in [0.5, 0.6) is 0 Å². The lowest BCUT2D eigenvalue weighted by atomic mass is 9.97. The Bertz CT molecular complexity index is 508. The average Bonchev–Trinajstić information content (AvgIpc) is 2.49. The molecule has 3 nitrogen and oxygen atoms in total. The smallest absolute Gasteiger partial charge is 0.321 e. The van der Waals surface area contributed by atoms with Crippen molar-refractivity contribution in [1.82, 2.24) is 5.32 Å². The number of benzene rings is 1. The molecule has 0 unspecified atom stereocenters. The van der Waals surface area contributed by atoms with Gasteiger partial charge in [0.2, 0.25) is 0 Å². The normalized spacial score (nSPS) is 14.5. The van der Waals surface area contributed by atoms with E-state index >= 15 is 0 Å². The maximum absolute atomic E-state index is 12.3. The Morgan fingerprint density at radius 3 is 2.86 bits per heavy atom. The fraction of sp³-hybridized carbons (Fsp3) is 0.500. The first-order valence-corrected chi connectivity index (χ1v) is 8.00. The monoisotopic (exact) mass is 286 g/mol. The number of anilines is 1. The van der Waals surface area contributed by atoms with Crippen molar-refractivity contribution in [2.45, 2.75) is 46.0 Å². The van der Waals surface area contributed by atoms with Crippen molar-refractivity contribution in [3.63, 3.8) is 0 Å². The summed E-state index contributed by atoms with van der Waals surface area (Å²) in [5.74, 6) is 0. The zero-order valence-corrected chi connectivity index (χ0v) is 13.2. The number of carbonyl (C=O) groups is 1. The second kappa shape index (κ2) is 7.87. The van der Waals surface area contributed by atoms with Crippen LogP contribution in [0.1, 0.15) is 44.6 Å². The second-order valence-corrected chi connectivity index (χ2v) is 5.67. The van der Waals surface area contributed by atoms with E-state index in [2.05, 4.69) is 11.4 Å². The van der Waals surface area contributed by atoms with Gasteiger partial charge in [-0.1, -0.05) is 23.8 Å². The first-order chi connectivity index (χ1) is 10.2. The Hall–Kier alpha value is -1.77. The summed E-state index contributed by atoms with van der Waals surface area (Å²) in [6.45, 7) is 5.46. The summed E-state index contributed by atoms with van der Waals surface area (Å²) in [6.07, 6.45) is 8.33. The summed E-state index contributed by atoms with van der Waals surface area (Å²) in [5, 5.41) is 3.05. The molecule has 3 heteroatoms. The van der Waals surface area contributed by atoms with E-state index in [-0.39, 0.29) is 6.03 Å². The molecule has 1 aromatic rings. The lowest BCUT2D eigenvalue weighted by molar-refractivity contribution is 0.246. The van der Waals surface area contributed by atoms with Crippen LogP contribution in [0.3, 0.4) is 0 Å². The highest BCUT2D eigenvalue weighted by Crippen LogP contribution is 2.19. The number of nitrogens with zero attached hydrogens (tertiary/aromatic N) is 1. The molecular weight excluding hydrogens is 260 g/mol. The van der Waals surface area contributed by atoms with Crippen molar-refractivity contribution in [2.75, 3.05) is 18.0 Å². The van der Waals surface area contributed by atoms with E-state index in [4.69, 9.17) is 0 Å². The SMILES string of the molecule is CCN(C(=O)NCCC1=CCCCC1)c1cccc(C)c1. The van der Waals surface area contributed by atoms with E-state index in [1.54, 1.807) is 4.90 Å². The van der Waals surface area contributed by atoms with Crippen LogP contribution in [0, 0.1) is 6.92 Å². The number of hydrogen-bond acceptors (Lipinski definition) is 1. The molecule has 0 atom stereocenters. The minimum atomic E-state index is -0.000454. The van der Waals surface area contributed by atoms with Crippen LogP contribution in [0.2, 0.25) is 0 Å². The first-order valence-electron chi connectivity index (χ1n) is 8.00. The molecule has 0 radical (unpaired) electrons. The van der Waals surface area contributed by atoms with E-state index in [0.717, 1.165) is 18.7 Å². The average molecular weight is 286 g/mol. The van der Waals surface area contributed by atoms with Gasteiger partial charge in [-0.3, -0.25) is 4.90 Å². The summed E-state index contributed by atoms with van der Waals surface area (Å²) >= 11 is 0. The number of carbonyl (C=O) groups excluding carboxylic acids is 1. The Morgan fingerprint density at radius 1 is 1.33 bits per heavy atom. The van der Waals surface area contributed by atoms with E-state index in [1.807, 2.05) is 38.1 Å². The van der Waals surface area contributed by atoms with Gasteiger partial charge in [-0.25, -0.2) is 4.79 Å². The molecular formula is C18H26N2O. The van der Waals surface area contributed by atoms with Gasteiger partial charge >= 0.3 is 6.03 Å². The summed E-state index contributed by atoms with van der Waals surface area (Å²) in [6, 6.07) is 8.07. The van der Waals surface area contributed by atoms with Gasteiger partial charge in [-0.05, 0) is 63.6 Å². The lowest BCUT2D eigenvalue weighted by Gasteiger charge is -2.22. The number of hydrogen-bond donors (Lipinski definition) is 1. The van der Waals surface area contributed by atoms with Crippen molar-refractivity contribution >= 4 is 11.7 Å². The summed E-state index contributed by atoms with van der Waals surface area (Å²) < 4.78 is 0. The molecule has 0 saturated heterocycles. The zero-order valence-electron chi connectivity index (χ0n) is 13.2. The molecule has 2 amide bonds. The van der Waals surface area contributed by atoms with E-state index < -0.39 is 0 Å². The van der Waals surface area contributed by atoms with E-state index in [1.165, 1.54) is 36.8 Å². The fourth-order valence-electron chi connectivity index (χ4n) is 2.80. The van der Waals surface area contributed by atoms with Crippen LogP contribution in [0.4, 0.5) is 10.5 Å². The van der Waals surface area contributed by atoms with Crippen molar-refractivity contribution in [3.05, 3.63) is 41.5 Å². The molecule has 1 aromatic carbocycles. The van der Waals surface area contributed by atoms with Crippen LogP contribution in [-0.4, -0.2) is 19.1 Å². The number of rotatable bonds is 5. The minimum Gasteiger partial charge on any atom is -0.337 e. The van der Waals surface area contributed by atoms with Crippen LogP contribution in [0.15, 0.2) is 35.9 Å². The van der Waals surface area contributed by atoms with E-state index in [0.29, 0.717) is 6.54 Å². The van der Waals surface area contributed by atoms with Gasteiger partial charge in [0.15, 0.2) is 0 Å². The number of nitrogens with one attached hydrogen (secondary N) is 1. The van der Waals surface area contributed by atoms with Gasteiger partial charge in [0, 0.05) is 18.8 Å². The molecule has 2 rings (SSSR count). The third-order valence-corrected chi connectivity index (χ3v) is 3.98. The molecule has 1 aliphatic carbocycles. The van der Waals surface area contributed by atoms with Crippen LogP contribution >= 0.6 is 0 Å². The summed E-state index contributed by atoms with van der Waals surface area (Å²) in [7, 11) is 0. The molecule has 1 N–H and O–H groups in total. The molecule has 0 spiro atoms. The molecule has 0 saturated carbocycles. The lowest BCUT2D eigenvalue weighted by Crippen LogP contribution is -2.40. The third-order valence-electron chi connectivity index (χ3n) is 3.98. The molecule has 0 bridgehead atoms. The Morgan fingerprint density at radius 2 is 2.19 bits per heavy atom. The van der Waals surface area contributed by atoms with Gasteiger partial charge in [-0.2, -0.15) is 0 Å². The zero-order chi connectivity index (χ0) is 15.1. The molecule has 114 valence electrons. The highest BCUT2D eigenvalue weighted by molar-refractivity contribution is 5.91. The maximum Gasteiger partial charge on any atom is 0.321 e. The van der Waals surface area contributed by atoms with Gasteiger partial charge < -0.3 is 5.32 Å². The Kier molecular flexibility index (Phi) is 5.85. The molecule has 1 aliphatic rings. The highest BCUT2D eigenvalue weighted by atomic mass is 16.2. The van der Waals surface area contributed by atoms with Crippen LogP contribution in [-0.2, 0) is 0 Å². The molecule has 21 heavy (non-hydrogen) atoms. The number of urea groups is 1. The summed E-state index contributed by atoms with van der Waals surface area (Å²) in [5.41, 5.74) is 3.64. The predicted molar refractivity (Wildman–Crippen MR) is 88.8 cm³/mol. The second-order valence-electron chi connectivity index (χ2n) is 5.67. The number of amides is 2. The highest BCUT2D eigenvalue weighted by Gasteiger charge is 2.13. The maximum atomic E-state index is 12.3. The summed E-state index contributed by atoms with van der Waals surface area (Å²) in [4.78, 5) is 14.1. The van der Waals surface area contributed by atoms with E-state index in [9.17, 15) is 4.79 Å². The van der Waals surface area contributed by atoms with Crippen LogP contribution < -0.4 is 10.2 Å². The topological polar surface area (TPSA) is 32.3 Å². The van der Waals surface area contributed by atoms with Crippen LogP contribution in [0.25, 0.3) is 0 Å². The molecule has 0 fully saturated rings. The Balaban J connectivity index is 1.87. The predicted octanol–water partition coefficient (Wildman–Crippen LogP) is 4.42. The van der Waals surface area contributed by atoms with Crippen molar-refractivity contribution < 1.29 is 4.79 Å². The molecule has 0 aliphatic heterocycles. The largest absolute Gasteiger partial charge is 0.337 e. The number of aryl methyl sites for hydroxylation is 1. The van der Waals surface area contributed by atoms with Crippen molar-refractivity contribution in [2.24, 2.45) is 0 Å². The Labute approximate surface area is 128 Å². The van der Waals surface area contributed by atoms with Gasteiger partial charge in [-0.15, -0.1) is 0 Å². The van der Waals surface area contributed by atoms with Gasteiger partial charge in [0.05, 0.1) is 0 Å². The minimum absolute atomic E-state index is 0.000454. The van der Waals surface area contributed by atoms with Gasteiger partial charge in [0.25, 0.3) is 0 Å². The standard InChI is InChI=1S/C18H26N2O/c1-3-20(17-11-7-8-15(2)14-17)18(21)19-13-12-16-9-5-4-6-10-16/h7-9,11,14H,3-6,10,12-13H2,1-2H3,(H,19,21). The quantitative estimate of drug-likeness (QED) is 0.798. The van der Waals surface area contributed by atoms with Gasteiger partial charge in [0.1, 0.15) is 0 Å².